The largest absolute Gasteiger partial charge is 0.472 e. The molecule has 0 bridgehead atoms. The zero-order valence-electron chi connectivity index (χ0n) is 15.4. The second kappa shape index (κ2) is 11.7. The van der Waals surface area contributed by atoms with E-state index in [4.69, 9.17) is 10.5 Å². The van der Waals surface area contributed by atoms with Gasteiger partial charge >= 0.3 is 0 Å². The van der Waals surface area contributed by atoms with Crippen molar-refractivity contribution in [1.82, 2.24) is 4.98 Å². The molecule has 0 spiro atoms. The molecule has 148 valence electrons. The van der Waals surface area contributed by atoms with Crippen molar-refractivity contribution in [2.24, 2.45) is 10.7 Å². The lowest BCUT2D eigenvalue weighted by Gasteiger charge is -2.14. The van der Waals surface area contributed by atoms with Crippen LogP contribution in [-0.4, -0.2) is 24.0 Å². The molecule has 0 aliphatic rings. The maximum atomic E-state index is 12.2. The smallest absolute Gasteiger partial charge is 0.272 e. The number of guanidine groups is 1. The highest BCUT2D eigenvalue weighted by Gasteiger charge is 2.08. The molecule has 0 aliphatic carbocycles. The third kappa shape index (κ3) is 7.28. The van der Waals surface area contributed by atoms with Crippen LogP contribution in [0.3, 0.4) is 0 Å². The van der Waals surface area contributed by atoms with Gasteiger partial charge in [0, 0.05) is 11.8 Å². The summed E-state index contributed by atoms with van der Waals surface area (Å²) >= 11 is 0. The number of nitrogens with two attached hydrogens (primary N) is 1. The molecular formula is C19H25F2IN4O. The maximum absolute atomic E-state index is 12.2. The van der Waals surface area contributed by atoms with E-state index in [1.54, 1.807) is 12.1 Å². The number of hydrogen-bond acceptors (Lipinski definition) is 3. The van der Waals surface area contributed by atoms with E-state index < -0.39 is 13.0 Å². The molecule has 1 heterocycles. The summed E-state index contributed by atoms with van der Waals surface area (Å²) in [7, 11) is 0. The van der Waals surface area contributed by atoms with Gasteiger partial charge in [-0.1, -0.05) is 38.1 Å². The van der Waals surface area contributed by atoms with E-state index in [1.807, 2.05) is 6.07 Å². The van der Waals surface area contributed by atoms with Crippen molar-refractivity contribution in [3.8, 4) is 5.88 Å². The van der Waals surface area contributed by atoms with Crippen LogP contribution in [0.25, 0.3) is 0 Å². The van der Waals surface area contributed by atoms with Crippen LogP contribution in [0.5, 0.6) is 5.88 Å². The van der Waals surface area contributed by atoms with Gasteiger partial charge in [-0.25, -0.2) is 18.8 Å². The molecule has 3 N–H and O–H groups in total. The van der Waals surface area contributed by atoms with Crippen molar-refractivity contribution in [3.05, 3.63) is 53.2 Å². The number of ether oxygens (including phenoxy) is 1. The van der Waals surface area contributed by atoms with Crippen LogP contribution in [0, 0.1) is 0 Å². The second-order valence-electron chi connectivity index (χ2n) is 5.65. The van der Waals surface area contributed by atoms with Gasteiger partial charge in [0.25, 0.3) is 6.43 Å². The molecule has 1 aromatic heterocycles. The standard InChI is InChI=1S/C19H24F2N4O.HI/c1-3-13-7-5-8-14(4-2)18(13)25-19(22)23-11-15-9-6-10-17(24-15)26-12-16(20)21;/h5-10,16H,3-4,11-12H2,1-2H3,(H3,22,23,25);1H. The fourth-order valence-corrected chi connectivity index (χ4v) is 2.51. The molecule has 0 fully saturated rings. The van der Waals surface area contributed by atoms with E-state index in [0.29, 0.717) is 5.69 Å². The van der Waals surface area contributed by atoms with E-state index in [0.717, 1.165) is 18.5 Å². The lowest BCUT2D eigenvalue weighted by Crippen LogP contribution is -2.24. The van der Waals surface area contributed by atoms with Crippen LogP contribution in [0.2, 0.25) is 0 Å². The summed E-state index contributed by atoms with van der Waals surface area (Å²) in [5.41, 5.74) is 9.93. The minimum Gasteiger partial charge on any atom is -0.472 e. The topological polar surface area (TPSA) is 72.5 Å². The molecule has 5 nitrogen and oxygen atoms in total. The Hall–Kier alpha value is -1.97. The summed E-state index contributed by atoms with van der Waals surface area (Å²) in [5.74, 6) is 0.426. The van der Waals surface area contributed by atoms with Crippen LogP contribution < -0.4 is 15.8 Å². The van der Waals surface area contributed by atoms with Crippen molar-refractivity contribution in [2.75, 3.05) is 11.9 Å². The number of aromatic nitrogens is 1. The predicted molar refractivity (Wildman–Crippen MR) is 115 cm³/mol. The molecule has 2 aromatic rings. The number of para-hydroxylation sites is 1. The van der Waals surface area contributed by atoms with Gasteiger partial charge in [0.15, 0.2) is 12.6 Å². The molecule has 27 heavy (non-hydrogen) atoms. The first-order chi connectivity index (χ1) is 12.5. The van der Waals surface area contributed by atoms with Crippen LogP contribution >= 0.6 is 24.0 Å². The summed E-state index contributed by atoms with van der Waals surface area (Å²) in [6.45, 7) is 3.71. The Labute approximate surface area is 175 Å². The van der Waals surface area contributed by atoms with E-state index in [2.05, 4.69) is 41.3 Å². The van der Waals surface area contributed by atoms with E-state index >= 15 is 0 Å². The van der Waals surface area contributed by atoms with Gasteiger partial charge in [-0.2, -0.15) is 0 Å². The van der Waals surface area contributed by atoms with Crippen LogP contribution in [0.15, 0.2) is 41.4 Å². The average Bonchev–Trinajstić information content (AvgIpc) is 2.65. The molecule has 0 radical (unpaired) electrons. The third-order valence-electron chi connectivity index (χ3n) is 3.80. The number of rotatable bonds is 8. The zero-order valence-corrected chi connectivity index (χ0v) is 17.7. The van der Waals surface area contributed by atoms with Crippen molar-refractivity contribution >= 4 is 35.6 Å². The summed E-state index contributed by atoms with van der Waals surface area (Å²) in [6.07, 6.45) is -0.770. The fraction of sp³-hybridized carbons (Fsp3) is 0.368. The SMILES string of the molecule is CCc1cccc(CC)c1NC(N)=NCc1cccc(OCC(F)F)n1.I. The normalized spacial score (nSPS) is 11.2. The Balaban J connectivity index is 0.00000364. The lowest BCUT2D eigenvalue weighted by atomic mass is 10.0. The minimum atomic E-state index is -2.54. The summed E-state index contributed by atoms with van der Waals surface area (Å²) in [6, 6.07) is 11.1. The van der Waals surface area contributed by atoms with Gasteiger partial charge in [0.05, 0.1) is 12.2 Å². The molecular weight excluding hydrogens is 465 g/mol. The highest BCUT2D eigenvalue weighted by molar-refractivity contribution is 14.0. The van der Waals surface area contributed by atoms with E-state index in [1.165, 1.54) is 17.2 Å². The average molecular weight is 490 g/mol. The van der Waals surface area contributed by atoms with Crippen molar-refractivity contribution in [1.29, 1.82) is 0 Å². The van der Waals surface area contributed by atoms with Crippen LogP contribution in [0.1, 0.15) is 30.7 Å². The number of hydrogen-bond donors (Lipinski definition) is 2. The molecule has 0 amide bonds. The van der Waals surface area contributed by atoms with Crippen molar-refractivity contribution in [2.45, 2.75) is 39.7 Å². The van der Waals surface area contributed by atoms with Gasteiger partial charge in [0.2, 0.25) is 5.88 Å². The molecule has 2 rings (SSSR count). The van der Waals surface area contributed by atoms with Gasteiger partial charge in [-0.3, -0.25) is 0 Å². The Bertz CT molecular complexity index is 734. The quantitative estimate of drug-likeness (QED) is 0.327. The highest BCUT2D eigenvalue weighted by Crippen LogP contribution is 2.22. The Morgan fingerprint density at radius 3 is 2.37 bits per heavy atom. The number of anilines is 1. The number of pyridine rings is 1. The first-order valence-electron chi connectivity index (χ1n) is 8.58. The molecule has 8 heteroatoms. The Morgan fingerprint density at radius 1 is 1.15 bits per heavy atom. The second-order valence-corrected chi connectivity index (χ2v) is 5.65. The zero-order chi connectivity index (χ0) is 18.9. The first-order valence-corrected chi connectivity index (χ1v) is 8.58. The summed E-state index contributed by atoms with van der Waals surface area (Å²) in [4.78, 5) is 8.44. The fourth-order valence-electron chi connectivity index (χ4n) is 2.51. The van der Waals surface area contributed by atoms with Crippen LogP contribution in [-0.2, 0) is 19.4 Å². The molecule has 1 aromatic carbocycles. The first kappa shape index (κ1) is 23.1. The number of halogens is 3. The van der Waals surface area contributed by atoms with E-state index in [-0.39, 0.29) is 42.4 Å². The molecule has 0 saturated carbocycles. The minimum absolute atomic E-state index is 0. The van der Waals surface area contributed by atoms with E-state index in [9.17, 15) is 8.78 Å². The third-order valence-corrected chi connectivity index (χ3v) is 3.80. The Kier molecular flexibility index (Phi) is 9.98. The number of benzene rings is 1. The molecule has 0 unspecified atom stereocenters. The molecule has 0 atom stereocenters. The highest BCUT2D eigenvalue weighted by atomic mass is 127. The predicted octanol–water partition coefficient (Wildman–Crippen LogP) is 4.40. The van der Waals surface area contributed by atoms with Crippen molar-refractivity contribution in [3.63, 3.8) is 0 Å². The van der Waals surface area contributed by atoms with Gasteiger partial charge in [-0.15, -0.1) is 24.0 Å². The summed E-state index contributed by atoms with van der Waals surface area (Å²) in [5, 5.41) is 3.18. The van der Waals surface area contributed by atoms with Gasteiger partial charge in [-0.05, 0) is 30.0 Å². The van der Waals surface area contributed by atoms with Crippen molar-refractivity contribution < 1.29 is 13.5 Å². The number of alkyl halides is 2. The number of nitrogens with zero attached hydrogens (tertiary/aromatic N) is 2. The number of nitrogens with one attached hydrogen (secondary N) is 1. The lowest BCUT2D eigenvalue weighted by molar-refractivity contribution is 0.0795. The number of aryl methyl sites for hydroxylation is 2. The summed E-state index contributed by atoms with van der Waals surface area (Å²) < 4.78 is 29.3. The molecule has 0 aliphatic heterocycles. The maximum Gasteiger partial charge on any atom is 0.272 e. The van der Waals surface area contributed by atoms with Gasteiger partial charge < -0.3 is 15.8 Å². The number of aliphatic imine (C=N–C) groups is 1. The van der Waals surface area contributed by atoms with Crippen LogP contribution in [0.4, 0.5) is 14.5 Å². The monoisotopic (exact) mass is 490 g/mol. The molecule has 0 saturated heterocycles. The van der Waals surface area contributed by atoms with Gasteiger partial charge in [0.1, 0.15) is 0 Å². The Morgan fingerprint density at radius 2 is 1.78 bits per heavy atom.